The number of anilines is 1. The first-order valence-electron chi connectivity index (χ1n) is 6.57. The van der Waals surface area contributed by atoms with Crippen molar-refractivity contribution in [1.29, 1.82) is 0 Å². The molecule has 0 radical (unpaired) electrons. The molecule has 1 atom stereocenters. The molecule has 7 heteroatoms. The predicted molar refractivity (Wildman–Crippen MR) is 77.6 cm³/mol. The Hall–Kier alpha value is -2.57. The van der Waals surface area contributed by atoms with Gasteiger partial charge in [0.2, 0.25) is 5.95 Å². The quantitative estimate of drug-likeness (QED) is 0.799. The first-order chi connectivity index (χ1) is 10.1. The maximum Gasteiger partial charge on any atom is 0.201 e. The van der Waals surface area contributed by atoms with E-state index in [1.807, 2.05) is 22.3 Å². The van der Waals surface area contributed by atoms with Crippen LogP contribution in [0.3, 0.4) is 0 Å². The fourth-order valence-corrected chi connectivity index (χ4v) is 2.52. The lowest BCUT2D eigenvalue weighted by Crippen LogP contribution is -2.14. The summed E-state index contributed by atoms with van der Waals surface area (Å²) in [6.45, 7) is 2.71. The first-order valence-corrected chi connectivity index (χ1v) is 6.57. The highest BCUT2D eigenvalue weighted by atomic mass is 19.1. The average molecular weight is 289 g/mol. The van der Waals surface area contributed by atoms with Crippen LogP contribution in [0.4, 0.5) is 10.3 Å². The summed E-state index contributed by atoms with van der Waals surface area (Å²) in [5.74, 6) is 0.0839. The van der Waals surface area contributed by atoms with Gasteiger partial charge in [-0.3, -0.25) is 0 Å². The number of ether oxygens (including phenoxy) is 1. The van der Waals surface area contributed by atoms with Crippen LogP contribution in [0.25, 0.3) is 11.0 Å². The van der Waals surface area contributed by atoms with Crippen molar-refractivity contribution in [1.82, 2.24) is 19.1 Å². The number of methoxy groups -OCH3 is 1. The molecule has 0 aliphatic rings. The molecule has 0 aliphatic heterocycles. The van der Waals surface area contributed by atoms with E-state index in [0.717, 1.165) is 5.52 Å². The molecule has 6 nitrogen and oxygen atoms in total. The number of benzene rings is 1. The van der Waals surface area contributed by atoms with E-state index in [-0.39, 0.29) is 11.8 Å². The number of imidazole rings is 2. The van der Waals surface area contributed by atoms with Crippen molar-refractivity contribution < 1.29 is 9.13 Å². The number of hydrogen-bond donors (Lipinski definition) is 1. The van der Waals surface area contributed by atoms with Gasteiger partial charge in [0.05, 0.1) is 30.5 Å². The van der Waals surface area contributed by atoms with E-state index < -0.39 is 5.82 Å². The van der Waals surface area contributed by atoms with E-state index in [0.29, 0.717) is 18.0 Å². The summed E-state index contributed by atoms with van der Waals surface area (Å²) in [6.07, 6.45) is 5.35. The molecule has 2 N–H and O–H groups in total. The molecule has 0 saturated heterocycles. The van der Waals surface area contributed by atoms with Crippen molar-refractivity contribution in [3.8, 4) is 5.75 Å². The normalized spacial score (nSPS) is 12.7. The molecule has 1 aromatic carbocycles. The lowest BCUT2D eigenvalue weighted by molar-refractivity contribution is 0.387. The minimum atomic E-state index is -0.447. The third-order valence-electron chi connectivity index (χ3n) is 3.47. The van der Waals surface area contributed by atoms with Gasteiger partial charge in [-0.05, 0) is 6.92 Å². The van der Waals surface area contributed by atoms with E-state index in [1.165, 1.54) is 13.2 Å². The summed E-state index contributed by atoms with van der Waals surface area (Å²) < 4.78 is 22.6. The van der Waals surface area contributed by atoms with Gasteiger partial charge in [-0.25, -0.2) is 14.4 Å². The van der Waals surface area contributed by atoms with Crippen LogP contribution in [-0.2, 0) is 6.54 Å². The fraction of sp³-hybridized carbons (Fsp3) is 0.286. The fourth-order valence-electron chi connectivity index (χ4n) is 2.52. The molecule has 0 amide bonds. The minimum Gasteiger partial charge on any atom is -0.494 e. The van der Waals surface area contributed by atoms with E-state index in [9.17, 15) is 4.39 Å². The molecule has 1 unspecified atom stereocenters. The number of nitrogens with zero attached hydrogens (tertiary/aromatic N) is 4. The number of hydrogen-bond acceptors (Lipinski definition) is 4. The zero-order valence-electron chi connectivity index (χ0n) is 11.8. The highest BCUT2D eigenvalue weighted by Gasteiger charge is 2.17. The summed E-state index contributed by atoms with van der Waals surface area (Å²) >= 11 is 0. The number of nitrogens with two attached hydrogens (primary N) is 1. The predicted octanol–water partition coefficient (Wildman–Crippen LogP) is 2.22. The second kappa shape index (κ2) is 5.08. The van der Waals surface area contributed by atoms with Gasteiger partial charge in [0.15, 0.2) is 11.6 Å². The third kappa shape index (κ3) is 2.31. The minimum absolute atomic E-state index is 0.0411. The van der Waals surface area contributed by atoms with Crippen molar-refractivity contribution in [2.75, 3.05) is 12.8 Å². The van der Waals surface area contributed by atoms with Crippen LogP contribution < -0.4 is 10.5 Å². The molecule has 2 heterocycles. The Morgan fingerprint density at radius 3 is 2.90 bits per heavy atom. The summed E-state index contributed by atoms with van der Waals surface area (Å²) in [5.41, 5.74) is 7.25. The zero-order valence-corrected chi connectivity index (χ0v) is 11.8. The Morgan fingerprint density at radius 2 is 2.24 bits per heavy atom. The second-order valence-electron chi connectivity index (χ2n) is 4.92. The largest absolute Gasteiger partial charge is 0.494 e. The van der Waals surface area contributed by atoms with Crippen molar-refractivity contribution in [3.05, 3.63) is 36.7 Å². The van der Waals surface area contributed by atoms with Gasteiger partial charge >= 0.3 is 0 Å². The van der Waals surface area contributed by atoms with Gasteiger partial charge in [0, 0.05) is 31.1 Å². The topological polar surface area (TPSA) is 70.9 Å². The summed E-state index contributed by atoms with van der Waals surface area (Å²) in [7, 11) is 1.43. The van der Waals surface area contributed by atoms with Gasteiger partial charge in [-0.1, -0.05) is 0 Å². The number of aromatic nitrogens is 4. The van der Waals surface area contributed by atoms with Crippen LogP contribution >= 0.6 is 0 Å². The van der Waals surface area contributed by atoms with Crippen LogP contribution in [0.1, 0.15) is 13.0 Å². The highest BCUT2D eigenvalue weighted by molar-refractivity contribution is 5.80. The van der Waals surface area contributed by atoms with E-state index >= 15 is 0 Å². The van der Waals surface area contributed by atoms with Crippen LogP contribution in [-0.4, -0.2) is 26.2 Å². The Kier molecular flexibility index (Phi) is 3.25. The molecule has 2 aromatic heterocycles. The Labute approximate surface area is 121 Å². The molecule has 0 aliphatic carbocycles. The van der Waals surface area contributed by atoms with Crippen molar-refractivity contribution in [2.24, 2.45) is 0 Å². The number of halogens is 1. The van der Waals surface area contributed by atoms with Crippen LogP contribution in [0, 0.1) is 5.82 Å². The lowest BCUT2D eigenvalue weighted by Gasteiger charge is -2.16. The standard InChI is InChI=1S/C14H16FN5O/c1-9(7-19-4-3-17-8-19)20-12-6-13(21-2)10(15)5-11(12)18-14(20)16/h3-6,8-9H,7H2,1-2H3,(H2,16,18). The second-order valence-corrected chi connectivity index (χ2v) is 4.92. The van der Waals surface area contributed by atoms with Gasteiger partial charge in [-0.15, -0.1) is 0 Å². The summed E-state index contributed by atoms with van der Waals surface area (Å²) in [5, 5.41) is 0. The lowest BCUT2D eigenvalue weighted by atomic mass is 10.2. The van der Waals surface area contributed by atoms with E-state index in [2.05, 4.69) is 9.97 Å². The van der Waals surface area contributed by atoms with Crippen LogP contribution in [0.15, 0.2) is 30.9 Å². The smallest absolute Gasteiger partial charge is 0.201 e. The van der Waals surface area contributed by atoms with Gasteiger partial charge in [0.25, 0.3) is 0 Å². The van der Waals surface area contributed by atoms with Gasteiger partial charge in [-0.2, -0.15) is 0 Å². The van der Waals surface area contributed by atoms with Crippen LogP contribution in [0.2, 0.25) is 0 Å². The number of nitrogen functional groups attached to an aromatic ring is 1. The molecular formula is C14H16FN5O. The maximum atomic E-state index is 13.7. The molecule has 110 valence electrons. The molecule has 0 bridgehead atoms. The average Bonchev–Trinajstić information content (AvgIpc) is 3.04. The Balaban J connectivity index is 2.06. The number of fused-ring (bicyclic) bond motifs is 1. The highest BCUT2D eigenvalue weighted by Crippen LogP contribution is 2.29. The van der Waals surface area contributed by atoms with Gasteiger partial charge < -0.3 is 19.6 Å². The molecule has 3 aromatic rings. The Bertz CT molecular complexity index is 765. The third-order valence-corrected chi connectivity index (χ3v) is 3.47. The summed E-state index contributed by atoms with van der Waals surface area (Å²) in [6, 6.07) is 3.00. The zero-order chi connectivity index (χ0) is 15.0. The molecule has 3 rings (SSSR count). The Morgan fingerprint density at radius 1 is 1.43 bits per heavy atom. The SMILES string of the molecule is COc1cc2c(cc1F)nc(N)n2C(C)Cn1ccnc1. The molecule has 21 heavy (non-hydrogen) atoms. The van der Waals surface area contributed by atoms with Crippen molar-refractivity contribution >= 4 is 17.0 Å². The first kappa shape index (κ1) is 13.4. The summed E-state index contributed by atoms with van der Waals surface area (Å²) in [4.78, 5) is 8.24. The van der Waals surface area contributed by atoms with Crippen molar-refractivity contribution in [2.45, 2.75) is 19.5 Å². The monoisotopic (exact) mass is 289 g/mol. The molecular weight excluding hydrogens is 273 g/mol. The maximum absolute atomic E-state index is 13.7. The molecule has 0 spiro atoms. The van der Waals surface area contributed by atoms with E-state index in [1.54, 1.807) is 18.6 Å². The molecule has 0 fully saturated rings. The molecule has 0 saturated carbocycles. The van der Waals surface area contributed by atoms with E-state index in [4.69, 9.17) is 10.5 Å². The van der Waals surface area contributed by atoms with Gasteiger partial charge in [0.1, 0.15) is 0 Å². The van der Waals surface area contributed by atoms with Crippen LogP contribution in [0.5, 0.6) is 5.75 Å². The van der Waals surface area contributed by atoms with Crippen molar-refractivity contribution in [3.63, 3.8) is 0 Å². The number of rotatable bonds is 4.